The molecule has 1 aromatic carbocycles. The van der Waals surface area contributed by atoms with E-state index < -0.39 is 5.97 Å². The van der Waals surface area contributed by atoms with Crippen molar-refractivity contribution in [2.45, 2.75) is 44.8 Å². The third-order valence-electron chi connectivity index (χ3n) is 4.37. The predicted molar refractivity (Wildman–Crippen MR) is 75.9 cm³/mol. The van der Waals surface area contributed by atoms with Gasteiger partial charge in [0.2, 0.25) is 0 Å². The number of ether oxygens (including phenoxy) is 1. The number of aliphatic carboxylic acids is 1. The highest BCUT2D eigenvalue weighted by molar-refractivity contribution is 5.71. The number of hydrogen-bond acceptors (Lipinski definition) is 3. The number of rotatable bonds is 4. The van der Waals surface area contributed by atoms with Crippen LogP contribution in [0.1, 0.15) is 42.9 Å². The number of hydrogen-bond donors (Lipinski definition) is 2. The van der Waals surface area contributed by atoms with Gasteiger partial charge in [-0.05, 0) is 38.7 Å². The molecule has 2 aliphatic rings. The van der Waals surface area contributed by atoms with Crippen LogP contribution in [0.5, 0.6) is 5.75 Å². The molecule has 3 rings (SSSR count). The minimum atomic E-state index is -0.714. The van der Waals surface area contributed by atoms with Crippen LogP contribution < -0.4 is 10.1 Å². The van der Waals surface area contributed by atoms with Gasteiger partial charge in [0, 0.05) is 18.2 Å². The van der Waals surface area contributed by atoms with E-state index in [-0.39, 0.29) is 12.0 Å². The summed E-state index contributed by atoms with van der Waals surface area (Å²) in [6.07, 6.45) is 4.48. The molecular weight excluding hydrogens is 254 g/mol. The Morgan fingerprint density at radius 2 is 2.20 bits per heavy atom. The maximum absolute atomic E-state index is 11.1. The molecule has 2 fully saturated rings. The van der Waals surface area contributed by atoms with Gasteiger partial charge in [-0.25, -0.2) is 0 Å². The van der Waals surface area contributed by atoms with E-state index in [0.29, 0.717) is 19.1 Å². The van der Waals surface area contributed by atoms with Gasteiger partial charge in [0.25, 0.3) is 0 Å². The average molecular weight is 275 g/mol. The molecule has 1 aromatic rings. The summed E-state index contributed by atoms with van der Waals surface area (Å²) >= 11 is 0. The Balaban J connectivity index is 1.80. The van der Waals surface area contributed by atoms with Crippen molar-refractivity contribution in [1.29, 1.82) is 0 Å². The van der Waals surface area contributed by atoms with Gasteiger partial charge in [-0.2, -0.15) is 0 Å². The second-order valence-electron chi connectivity index (χ2n) is 5.94. The Kier molecular flexibility index (Phi) is 3.66. The number of benzene rings is 1. The van der Waals surface area contributed by atoms with E-state index in [1.165, 1.54) is 12.0 Å². The van der Waals surface area contributed by atoms with Gasteiger partial charge in [-0.15, -0.1) is 0 Å². The molecule has 0 bridgehead atoms. The van der Waals surface area contributed by atoms with Crippen molar-refractivity contribution in [3.63, 3.8) is 0 Å². The Labute approximate surface area is 119 Å². The van der Waals surface area contributed by atoms with Gasteiger partial charge >= 0.3 is 5.97 Å². The summed E-state index contributed by atoms with van der Waals surface area (Å²) in [4.78, 5) is 11.1. The van der Waals surface area contributed by atoms with E-state index in [4.69, 9.17) is 9.84 Å². The van der Waals surface area contributed by atoms with E-state index in [9.17, 15) is 4.79 Å². The van der Waals surface area contributed by atoms with Crippen molar-refractivity contribution in [1.82, 2.24) is 5.32 Å². The molecule has 0 radical (unpaired) electrons. The zero-order valence-electron chi connectivity index (χ0n) is 11.8. The molecule has 1 saturated carbocycles. The molecule has 1 saturated heterocycles. The fourth-order valence-electron chi connectivity index (χ4n) is 2.88. The first-order valence-electron chi connectivity index (χ1n) is 7.37. The number of carboxylic acid groups (broad SMARTS) is 1. The van der Waals surface area contributed by atoms with Crippen molar-refractivity contribution >= 4 is 5.97 Å². The normalized spacial score (nSPS) is 26.2. The first-order valence-corrected chi connectivity index (χ1v) is 7.37. The first kappa shape index (κ1) is 13.4. The number of aryl methyl sites for hydroxylation is 1. The Morgan fingerprint density at radius 1 is 1.40 bits per heavy atom. The highest BCUT2D eigenvalue weighted by Gasteiger charge is 2.32. The minimum absolute atomic E-state index is 0.0890. The van der Waals surface area contributed by atoms with Crippen LogP contribution in [0.15, 0.2) is 18.2 Å². The molecule has 2 unspecified atom stereocenters. The lowest BCUT2D eigenvalue weighted by molar-refractivity contribution is -0.141. The summed E-state index contributed by atoms with van der Waals surface area (Å²) in [6.45, 7) is 2.59. The molecule has 1 heterocycles. The molecule has 20 heavy (non-hydrogen) atoms. The molecule has 0 spiro atoms. The van der Waals surface area contributed by atoms with Gasteiger partial charge in [-0.3, -0.25) is 4.79 Å². The van der Waals surface area contributed by atoms with Crippen LogP contribution >= 0.6 is 0 Å². The maximum atomic E-state index is 11.1. The molecular formula is C16H21NO3. The summed E-state index contributed by atoms with van der Waals surface area (Å²) in [6, 6.07) is 6.29. The van der Waals surface area contributed by atoms with Crippen molar-refractivity contribution in [2.75, 3.05) is 6.54 Å². The second kappa shape index (κ2) is 5.44. The third-order valence-corrected chi connectivity index (χ3v) is 4.37. The van der Waals surface area contributed by atoms with Crippen LogP contribution in [0.25, 0.3) is 0 Å². The van der Waals surface area contributed by atoms with Gasteiger partial charge in [0.05, 0.1) is 12.0 Å². The van der Waals surface area contributed by atoms with Crippen LogP contribution in [-0.2, 0) is 4.79 Å². The lowest BCUT2D eigenvalue weighted by atomic mass is 9.95. The van der Waals surface area contributed by atoms with Crippen molar-refractivity contribution < 1.29 is 14.6 Å². The highest BCUT2D eigenvalue weighted by atomic mass is 16.5. The first-order chi connectivity index (χ1) is 9.63. The maximum Gasteiger partial charge on any atom is 0.307 e. The topological polar surface area (TPSA) is 58.6 Å². The van der Waals surface area contributed by atoms with Crippen molar-refractivity contribution in [3.8, 4) is 5.75 Å². The fraction of sp³-hybridized carbons (Fsp3) is 0.562. The molecule has 1 aliphatic carbocycles. The molecule has 0 aromatic heterocycles. The summed E-state index contributed by atoms with van der Waals surface area (Å²) in [5, 5.41) is 12.4. The summed E-state index contributed by atoms with van der Waals surface area (Å²) in [5.41, 5.74) is 2.29. The van der Waals surface area contributed by atoms with Crippen molar-refractivity contribution in [2.24, 2.45) is 5.92 Å². The predicted octanol–water partition coefficient (Wildman–Crippen LogP) is 2.66. The SMILES string of the molecule is Cc1ccc(OC2CCC2)c(C2CC(C(=O)O)CN2)c1. The Morgan fingerprint density at radius 3 is 2.80 bits per heavy atom. The van der Waals surface area contributed by atoms with Crippen LogP contribution in [-0.4, -0.2) is 23.7 Å². The second-order valence-corrected chi connectivity index (χ2v) is 5.94. The molecule has 2 atom stereocenters. The van der Waals surface area contributed by atoms with Gasteiger partial charge in [0.15, 0.2) is 0 Å². The van der Waals surface area contributed by atoms with Crippen molar-refractivity contribution in [3.05, 3.63) is 29.3 Å². The number of nitrogens with one attached hydrogen (secondary N) is 1. The van der Waals surface area contributed by atoms with E-state index in [1.54, 1.807) is 0 Å². The number of carboxylic acids is 1. The quantitative estimate of drug-likeness (QED) is 0.887. The van der Waals surface area contributed by atoms with E-state index in [2.05, 4.69) is 24.4 Å². The van der Waals surface area contributed by atoms with Crippen LogP contribution in [0.3, 0.4) is 0 Å². The summed E-state index contributed by atoms with van der Waals surface area (Å²) in [5.74, 6) is -0.0879. The molecule has 1 aliphatic heterocycles. The van der Waals surface area contributed by atoms with Crippen LogP contribution in [0.4, 0.5) is 0 Å². The summed E-state index contributed by atoms with van der Waals surface area (Å²) in [7, 11) is 0. The third kappa shape index (κ3) is 2.66. The standard InChI is InChI=1S/C16H21NO3/c1-10-5-6-15(20-12-3-2-4-12)13(7-10)14-8-11(9-17-14)16(18)19/h5-7,11-12,14,17H,2-4,8-9H2,1H3,(H,18,19). The smallest absolute Gasteiger partial charge is 0.307 e. The lowest BCUT2D eigenvalue weighted by Crippen LogP contribution is -2.26. The largest absolute Gasteiger partial charge is 0.490 e. The van der Waals surface area contributed by atoms with Crippen LogP contribution in [0.2, 0.25) is 0 Å². The summed E-state index contributed by atoms with van der Waals surface area (Å²) < 4.78 is 6.06. The average Bonchev–Trinajstić information content (AvgIpc) is 2.84. The molecule has 108 valence electrons. The Hall–Kier alpha value is -1.55. The number of carbonyl (C=O) groups is 1. The fourth-order valence-corrected chi connectivity index (χ4v) is 2.88. The highest BCUT2D eigenvalue weighted by Crippen LogP contribution is 2.36. The minimum Gasteiger partial charge on any atom is -0.490 e. The van der Waals surface area contributed by atoms with Gasteiger partial charge in [-0.1, -0.05) is 17.7 Å². The zero-order valence-corrected chi connectivity index (χ0v) is 11.8. The molecule has 4 nitrogen and oxygen atoms in total. The monoisotopic (exact) mass is 275 g/mol. The van der Waals surface area contributed by atoms with Crippen LogP contribution in [0, 0.1) is 12.8 Å². The van der Waals surface area contributed by atoms with E-state index in [1.807, 2.05) is 6.07 Å². The lowest BCUT2D eigenvalue weighted by Gasteiger charge is -2.28. The van der Waals surface area contributed by atoms with Gasteiger partial charge in [0.1, 0.15) is 5.75 Å². The van der Waals surface area contributed by atoms with E-state index >= 15 is 0 Å². The van der Waals surface area contributed by atoms with Gasteiger partial charge < -0.3 is 15.2 Å². The zero-order chi connectivity index (χ0) is 14.1. The molecule has 0 amide bonds. The Bertz CT molecular complexity index is 510. The molecule has 2 N–H and O–H groups in total. The molecule has 4 heteroatoms. The van der Waals surface area contributed by atoms with E-state index in [0.717, 1.165) is 24.2 Å².